The molecule has 1 aromatic carbocycles. The summed E-state index contributed by atoms with van der Waals surface area (Å²) in [5.41, 5.74) is 7.58. The molecule has 0 amide bonds. The van der Waals surface area contributed by atoms with Gasteiger partial charge in [0.15, 0.2) is 0 Å². The number of anilines is 1. The van der Waals surface area contributed by atoms with E-state index in [0.29, 0.717) is 6.04 Å². The van der Waals surface area contributed by atoms with Gasteiger partial charge in [0, 0.05) is 36.9 Å². The topological polar surface area (TPSA) is 82.7 Å². The standard InChI is InChI=1S/C27H42N4O2/c1-30(23-11-9-22(10-12-23)27(32)33-25-5-3-2-4-6-25)19-20-15-17-31(18-16-20)24-13-7-21(8-14-24)26(28)29/h7-8,13-14,20,22-23,25H,2-6,9-12,15-19H2,1H3,(H3,28,29). The average molecular weight is 455 g/mol. The number of nitrogens with one attached hydrogen (secondary N) is 1. The van der Waals surface area contributed by atoms with Gasteiger partial charge in [0.25, 0.3) is 0 Å². The van der Waals surface area contributed by atoms with Gasteiger partial charge in [-0.2, -0.15) is 0 Å². The smallest absolute Gasteiger partial charge is 0.309 e. The highest BCUT2D eigenvalue weighted by atomic mass is 16.5. The van der Waals surface area contributed by atoms with Crippen LogP contribution in [0.15, 0.2) is 24.3 Å². The van der Waals surface area contributed by atoms with Crippen LogP contribution in [0.25, 0.3) is 0 Å². The monoisotopic (exact) mass is 454 g/mol. The predicted octanol–water partition coefficient (Wildman–Crippen LogP) is 4.55. The van der Waals surface area contributed by atoms with E-state index in [1.54, 1.807) is 0 Å². The van der Waals surface area contributed by atoms with Crippen LogP contribution >= 0.6 is 0 Å². The zero-order valence-corrected chi connectivity index (χ0v) is 20.3. The highest BCUT2D eigenvalue weighted by Gasteiger charge is 2.32. The second kappa shape index (κ2) is 11.4. The van der Waals surface area contributed by atoms with Crippen molar-refractivity contribution in [2.45, 2.75) is 82.8 Å². The number of esters is 1. The molecule has 0 unspecified atom stereocenters. The molecule has 182 valence electrons. The SMILES string of the molecule is CN(CC1CCN(c2ccc(C(=N)N)cc2)CC1)C1CCC(C(=O)OC2CCCCC2)CC1. The summed E-state index contributed by atoms with van der Waals surface area (Å²) in [5, 5.41) is 7.55. The van der Waals surface area contributed by atoms with Crippen LogP contribution in [0, 0.1) is 17.2 Å². The van der Waals surface area contributed by atoms with Gasteiger partial charge >= 0.3 is 5.97 Å². The molecule has 4 rings (SSSR count). The van der Waals surface area contributed by atoms with Crippen LogP contribution in [0.5, 0.6) is 0 Å². The summed E-state index contributed by atoms with van der Waals surface area (Å²) in [6.07, 6.45) is 12.6. The van der Waals surface area contributed by atoms with E-state index in [1.165, 1.54) is 37.8 Å². The lowest BCUT2D eigenvalue weighted by Crippen LogP contribution is -2.42. The fraction of sp³-hybridized carbons (Fsp3) is 0.704. The van der Waals surface area contributed by atoms with Crippen LogP contribution in [0.4, 0.5) is 5.69 Å². The first-order valence-electron chi connectivity index (χ1n) is 13.1. The highest BCUT2D eigenvalue weighted by Crippen LogP contribution is 2.31. The number of carbonyl (C=O) groups excluding carboxylic acids is 1. The zero-order valence-electron chi connectivity index (χ0n) is 20.3. The van der Waals surface area contributed by atoms with Gasteiger partial charge in [-0.1, -0.05) is 6.42 Å². The molecule has 1 aliphatic heterocycles. The molecule has 0 aromatic heterocycles. The van der Waals surface area contributed by atoms with Crippen molar-refractivity contribution in [2.24, 2.45) is 17.6 Å². The Hall–Kier alpha value is -2.08. The largest absolute Gasteiger partial charge is 0.462 e. The Bertz CT molecular complexity index is 774. The molecule has 0 bridgehead atoms. The summed E-state index contributed by atoms with van der Waals surface area (Å²) in [7, 11) is 2.28. The minimum absolute atomic E-state index is 0.0757. The van der Waals surface area contributed by atoms with Gasteiger partial charge in [0.1, 0.15) is 11.9 Å². The van der Waals surface area contributed by atoms with E-state index in [2.05, 4.69) is 29.0 Å². The van der Waals surface area contributed by atoms with Gasteiger partial charge in [-0.15, -0.1) is 0 Å². The molecule has 3 N–H and O–H groups in total. The van der Waals surface area contributed by atoms with Crippen molar-refractivity contribution >= 4 is 17.5 Å². The molecular formula is C27H42N4O2. The second-order valence-corrected chi connectivity index (χ2v) is 10.5. The Morgan fingerprint density at radius 3 is 2.24 bits per heavy atom. The van der Waals surface area contributed by atoms with Crippen LogP contribution in [0.1, 0.15) is 76.2 Å². The summed E-state index contributed by atoms with van der Waals surface area (Å²) in [4.78, 5) is 17.6. The van der Waals surface area contributed by atoms with Gasteiger partial charge in [0.05, 0.1) is 5.92 Å². The van der Waals surface area contributed by atoms with Crippen molar-refractivity contribution in [3.05, 3.63) is 29.8 Å². The van der Waals surface area contributed by atoms with E-state index in [-0.39, 0.29) is 23.8 Å². The third-order valence-electron chi connectivity index (χ3n) is 8.19. The van der Waals surface area contributed by atoms with Crippen LogP contribution in [-0.4, -0.2) is 55.5 Å². The fourth-order valence-corrected chi connectivity index (χ4v) is 5.98. The van der Waals surface area contributed by atoms with E-state index in [1.807, 2.05) is 12.1 Å². The molecular weight excluding hydrogens is 412 g/mol. The van der Waals surface area contributed by atoms with Crippen LogP contribution < -0.4 is 10.6 Å². The lowest BCUT2D eigenvalue weighted by atomic mass is 9.84. The van der Waals surface area contributed by atoms with E-state index < -0.39 is 0 Å². The molecule has 0 spiro atoms. The summed E-state index contributed by atoms with van der Waals surface area (Å²) < 4.78 is 5.84. The Balaban J connectivity index is 1.16. The third kappa shape index (κ3) is 6.50. The number of benzene rings is 1. The maximum Gasteiger partial charge on any atom is 0.309 e. The molecule has 0 radical (unpaired) electrons. The predicted molar refractivity (Wildman–Crippen MR) is 134 cm³/mol. The lowest BCUT2D eigenvalue weighted by molar-refractivity contribution is -0.157. The summed E-state index contributed by atoms with van der Waals surface area (Å²) in [5.74, 6) is 1.05. The Morgan fingerprint density at radius 1 is 1.00 bits per heavy atom. The van der Waals surface area contributed by atoms with Crippen molar-refractivity contribution in [1.82, 2.24) is 4.90 Å². The van der Waals surface area contributed by atoms with Gasteiger partial charge in [-0.05, 0) is 101 Å². The summed E-state index contributed by atoms with van der Waals surface area (Å²) in [6.45, 7) is 3.31. The van der Waals surface area contributed by atoms with Crippen molar-refractivity contribution in [2.75, 3.05) is 31.6 Å². The zero-order chi connectivity index (χ0) is 23.2. The number of amidine groups is 1. The van der Waals surface area contributed by atoms with Gasteiger partial charge in [-0.25, -0.2) is 0 Å². The maximum absolute atomic E-state index is 12.6. The molecule has 1 saturated heterocycles. The van der Waals surface area contributed by atoms with Gasteiger partial charge in [0.2, 0.25) is 0 Å². The number of hydrogen-bond donors (Lipinski definition) is 2. The third-order valence-corrected chi connectivity index (χ3v) is 8.19. The number of piperidine rings is 1. The molecule has 1 heterocycles. The summed E-state index contributed by atoms with van der Waals surface area (Å²) in [6, 6.07) is 8.65. The minimum Gasteiger partial charge on any atom is -0.462 e. The number of nitrogen functional groups attached to an aromatic ring is 1. The Labute approximate surface area is 199 Å². The van der Waals surface area contributed by atoms with Crippen LogP contribution in [0.2, 0.25) is 0 Å². The highest BCUT2D eigenvalue weighted by molar-refractivity contribution is 5.95. The number of nitrogens with two attached hydrogens (primary N) is 1. The van der Waals surface area contributed by atoms with Crippen molar-refractivity contribution in [3.8, 4) is 0 Å². The number of ether oxygens (including phenoxy) is 1. The van der Waals surface area contributed by atoms with Crippen LogP contribution in [-0.2, 0) is 9.53 Å². The molecule has 33 heavy (non-hydrogen) atoms. The van der Waals surface area contributed by atoms with E-state index in [4.69, 9.17) is 15.9 Å². The fourth-order valence-electron chi connectivity index (χ4n) is 5.98. The molecule has 2 aliphatic carbocycles. The van der Waals surface area contributed by atoms with Crippen molar-refractivity contribution < 1.29 is 9.53 Å². The van der Waals surface area contributed by atoms with E-state index in [9.17, 15) is 4.79 Å². The molecule has 0 atom stereocenters. The van der Waals surface area contributed by atoms with E-state index >= 15 is 0 Å². The molecule has 3 aliphatic rings. The average Bonchev–Trinajstić information content (AvgIpc) is 2.85. The first-order chi connectivity index (χ1) is 16.0. The molecule has 3 fully saturated rings. The maximum atomic E-state index is 12.6. The second-order valence-electron chi connectivity index (χ2n) is 10.5. The van der Waals surface area contributed by atoms with Crippen molar-refractivity contribution in [1.29, 1.82) is 5.41 Å². The van der Waals surface area contributed by atoms with E-state index in [0.717, 1.165) is 69.6 Å². The van der Waals surface area contributed by atoms with Gasteiger partial charge in [-0.3, -0.25) is 10.2 Å². The van der Waals surface area contributed by atoms with Crippen molar-refractivity contribution in [3.63, 3.8) is 0 Å². The number of nitrogens with zero attached hydrogens (tertiary/aromatic N) is 2. The molecule has 6 heteroatoms. The minimum atomic E-state index is 0.0757. The van der Waals surface area contributed by atoms with Gasteiger partial charge < -0.3 is 20.3 Å². The van der Waals surface area contributed by atoms with Crippen LogP contribution in [0.3, 0.4) is 0 Å². The number of hydrogen-bond acceptors (Lipinski definition) is 5. The Morgan fingerprint density at radius 2 is 1.64 bits per heavy atom. The normalized spacial score (nSPS) is 25.2. The number of rotatable bonds is 7. The lowest BCUT2D eigenvalue weighted by Gasteiger charge is -2.39. The Kier molecular flexibility index (Phi) is 8.29. The first-order valence-corrected chi connectivity index (χ1v) is 13.1. The molecule has 6 nitrogen and oxygen atoms in total. The molecule has 1 aromatic rings. The summed E-state index contributed by atoms with van der Waals surface area (Å²) >= 11 is 0. The first kappa shape index (κ1) is 24.1. The molecule has 2 saturated carbocycles. The number of carbonyl (C=O) groups is 1. The quantitative estimate of drug-likeness (QED) is 0.359.